The Hall–Kier alpha value is -0.900. The molecule has 3 N–H and O–H groups in total. The van der Waals surface area contributed by atoms with E-state index >= 15 is 0 Å². The third-order valence-electron chi connectivity index (χ3n) is 3.27. The minimum absolute atomic E-state index is 0.0667. The van der Waals surface area contributed by atoms with E-state index in [9.17, 15) is 0 Å². The highest BCUT2D eigenvalue weighted by atomic mass is 16.5. The average Bonchev–Trinajstić information content (AvgIpc) is 2.83. The van der Waals surface area contributed by atoms with Gasteiger partial charge >= 0.3 is 0 Å². The lowest BCUT2D eigenvalue weighted by Crippen LogP contribution is -2.32. The lowest BCUT2D eigenvalue weighted by Gasteiger charge is -2.15. The van der Waals surface area contributed by atoms with Crippen LogP contribution in [0.2, 0.25) is 0 Å². The molecule has 0 saturated carbocycles. The Labute approximate surface area is 103 Å². The van der Waals surface area contributed by atoms with Gasteiger partial charge in [-0.3, -0.25) is 0 Å². The highest BCUT2D eigenvalue weighted by Crippen LogP contribution is 2.12. The Morgan fingerprint density at radius 2 is 2.18 bits per heavy atom. The zero-order valence-electron chi connectivity index (χ0n) is 10.5. The third-order valence-corrected chi connectivity index (χ3v) is 3.27. The molecule has 1 aromatic carbocycles. The predicted octanol–water partition coefficient (Wildman–Crippen LogP) is 1.76. The number of aryl methyl sites for hydroxylation is 1. The zero-order chi connectivity index (χ0) is 12.1. The average molecular weight is 234 g/mol. The maximum absolute atomic E-state index is 6.13. The molecule has 1 aliphatic rings. The highest BCUT2D eigenvalue weighted by molar-refractivity contribution is 5.24. The van der Waals surface area contributed by atoms with Gasteiger partial charge in [-0.05, 0) is 25.3 Å². The van der Waals surface area contributed by atoms with E-state index in [2.05, 4.69) is 36.5 Å². The fourth-order valence-corrected chi connectivity index (χ4v) is 2.14. The highest BCUT2D eigenvalue weighted by Gasteiger charge is 2.15. The molecule has 0 amide bonds. The molecule has 0 spiro atoms. The first-order valence-electron chi connectivity index (χ1n) is 6.40. The van der Waals surface area contributed by atoms with E-state index in [1.54, 1.807) is 0 Å². The Bertz CT molecular complexity index is 331. The van der Waals surface area contributed by atoms with Crippen molar-refractivity contribution >= 4 is 0 Å². The van der Waals surface area contributed by atoms with Gasteiger partial charge in [0.05, 0.1) is 6.10 Å². The van der Waals surface area contributed by atoms with Crippen molar-refractivity contribution in [3.8, 4) is 0 Å². The second kappa shape index (κ2) is 6.15. The Kier molecular flexibility index (Phi) is 4.54. The fourth-order valence-electron chi connectivity index (χ4n) is 2.14. The molecule has 17 heavy (non-hydrogen) atoms. The van der Waals surface area contributed by atoms with Gasteiger partial charge in [0.2, 0.25) is 0 Å². The summed E-state index contributed by atoms with van der Waals surface area (Å²) in [5.41, 5.74) is 8.59. The van der Waals surface area contributed by atoms with Gasteiger partial charge in [0.1, 0.15) is 0 Å². The van der Waals surface area contributed by atoms with E-state index < -0.39 is 0 Å². The number of nitrogens with two attached hydrogens (primary N) is 1. The summed E-state index contributed by atoms with van der Waals surface area (Å²) in [5, 5.41) is 3.39. The van der Waals surface area contributed by atoms with Crippen molar-refractivity contribution in [2.75, 3.05) is 19.7 Å². The Morgan fingerprint density at radius 1 is 1.41 bits per heavy atom. The number of rotatable bonds is 5. The van der Waals surface area contributed by atoms with Crippen molar-refractivity contribution < 1.29 is 4.74 Å². The molecule has 2 rings (SSSR count). The molecule has 2 unspecified atom stereocenters. The van der Waals surface area contributed by atoms with E-state index in [0.717, 1.165) is 19.7 Å². The van der Waals surface area contributed by atoms with Crippen LogP contribution in [0.1, 0.15) is 30.0 Å². The van der Waals surface area contributed by atoms with Crippen LogP contribution >= 0.6 is 0 Å². The largest absolute Gasteiger partial charge is 0.377 e. The van der Waals surface area contributed by atoms with Crippen molar-refractivity contribution in [2.24, 2.45) is 5.73 Å². The Morgan fingerprint density at radius 3 is 2.82 bits per heavy atom. The second-order valence-electron chi connectivity index (χ2n) is 4.81. The summed E-state index contributed by atoms with van der Waals surface area (Å²) in [6.07, 6.45) is 2.75. The van der Waals surface area contributed by atoms with Gasteiger partial charge in [0.15, 0.2) is 0 Å². The van der Waals surface area contributed by atoms with Crippen LogP contribution in [0, 0.1) is 6.92 Å². The van der Waals surface area contributed by atoms with Crippen LogP contribution in [0.5, 0.6) is 0 Å². The van der Waals surface area contributed by atoms with Crippen molar-refractivity contribution in [3.05, 3.63) is 35.4 Å². The van der Waals surface area contributed by atoms with Crippen molar-refractivity contribution in [1.82, 2.24) is 5.32 Å². The second-order valence-corrected chi connectivity index (χ2v) is 4.81. The van der Waals surface area contributed by atoms with Crippen LogP contribution in [0.4, 0.5) is 0 Å². The minimum Gasteiger partial charge on any atom is -0.377 e. The van der Waals surface area contributed by atoms with Gasteiger partial charge in [-0.25, -0.2) is 0 Å². The summed E-state index contributed by atoms with van der Waals surface area (Å²) in [7, 11) is 0. The predicted molar refractivity (Wildman–Crippen MR) is 70.0 cm³/mol. The van der Waals surface area contributed by atoms with Gasteiger partial charge in [0, 0.05) is 25.7 Å². The first kappa shape index (κ1) is 12.6. The number of benzene rings is 1. The minimum atomic E-state index is 0.0667. The zero-order valence-corrected chi connectivity index (χ0v) is 10.5. The molecule has 0 bridgehead atoms. The molecule has 0 radical (unpaired) electrons. The van der Waals surface area contributed by atoms with E-state index in [1.807, 2.05) is 0 Å². The van der Waals surface area contributed by atoms with Gasteiger partial charge in [-0.15, -0.1) is 0 Å². The topological polar surface area (TPSA) is 47.3 Å². The van der Waals surface area contributed by atoms with E-state index in [0.29, 0.717) is 6.10 Å². The van der Waals surface area contributed by atoms with Crippen LogP contribution in [0.25, 0.3) is 0 Å². The molecule has 1 heterocycles. The van der Waals surface area contributed by atoms with E-state index in [4.69, 9.17) is 10.5 Å². The van der Waals surface area contributed by atoms with E-state index in [-0.39, 0.29) is 6.04 Å². The van der Waals surface area contributed by atoms with Gasteiger partial charge in [0.25, 0.3) is 0 Å². The lowest BCUT2D eigenvalue weighted by atomic mass is 10.1. The smallest absolute Gasteiger partial charge is 0.0700 e. The number of hydrogen-bond acceptors (Lipinski definition) is 3. The molecule has 1 aromatic rings. The van der Waals surface area contributed by atoms with Crippen molar-refractivity contribution in [1.29, 1.82) is 0 Å². The quantitative estimate of drug-likeness (QED) is 0.816. The summed E-state index contributed by atoms with van der Waals surface area (Å²) in [4.78, 5) is 0. The molecular weight excluding hydrogens is 212 g/mol. The molecule has 0 aromatic heterocycles. The van der Waals surface area contributed by atoms with Crippen LogP contribution in [-0.2, 0) is 4.74 Å². The molecule has 1 saturated heterocycles. The fraction of sp³-hybridized carbons (Fsp3) is 0.571. The molecule has 3 nitrogen and oxygen atoms in total. The molecule has 2 atom stereocenters. The standard InChI is InChI=1S/C14H22N2O/c1-11-4-6-12(7-5-11)14(15)10-16-9-13-3-2-8-17-13/h4-7,13-14,16H,2-3,8-10,15H2,1H3. The van der Waals surface area contributed by atoms with Crippen LogP contribution < -0.4 is 11.1 Å². The van der Waals surface area contributed by atoms with Gasteiger partial charge in [-0.1, -0.05) is 29.8 Å². The number of hydrogen-bond donors (Lipinski definition) is 2. The maximum atomic E-state index is 6.13. The molecule has 0 aliphatic carbocycles. The van der Waals surface area contributed by atoms with Gasteiger partial charge in [-0.2, -0.15) is 0 Å². The summed E-state index contributed by atoms with van der Waals surface area (Å²) in [6, 6.07) is 8.49. The van der Waals surface area contributed by atoms with E-state index in [1.165, 1.54) is 24.0 Å². The normalized spacial score (nSPS) is 21.6. The van der Waals surface area contributed by atoms with Crippen LogP contribution in [-0.4, -0.2) is 25.8 Å². The van der Waals surface area contributed by atoms with Gasteiger partial charge < -0.3 is 15.8 Å². The summed E-state index contributed by atoms with van der Waals surface area (Å²) in [5.74, 6) is 0. The third kappa shape index (κ3) is 3.80. The van der Waals surface area contributed by atoms with Crippen LogP contribution in [0.3, 0.4) is 0 Å². The lowest BCUT2D eigenvalue weighted by molar-refractivity contribution is 0.110. The number of nitrogens with one attached hydrogen (secondary N) is 1. The SMILES string of the molecule is Cc1ccc(C(N)CNCC2CCCO2)cc1. The molecule has 94 valence electrons. The first-order valence-corrected chi connectivity index (χ1v) is 6.40. The van der Waals surface area contributed by atoms with Crippen molar-refractivity contribution in [2.45, 2.75) is 31.9 Å². The summed E-state index contributed by atoms with van der Waals surface area (Å²) < 4.78 is 5.55. The van der Waals surface area contributed by atoms with Crippen molar-refractivity contribution in [3.63, 3.8) is 0 Å². The maximum Gasteiger partial charge on any atom is 0.0700 e. The molecule has 1 fully saturated rings. The number of ether oxygens (including phenoxy) is 1. The first-order chi connectivity index (χ1) is 8.25. The summed E-state index contributed by atoms with van der Waals surface area (Å²) in [6.45, 7) is 4.73. The molecular formula is C14H22N2O. The molecule has 3 heteroatoms. The van der Waals surface area contributed by atoms with Crippen LogP contribution in [0.15, 0.2) is 24.3 Å². The monoisotopic (exact) mass is 234 g/mol. The molecule has 1 aliphatic heterocycles. The Balaban J connectivity index is 1.72. The summed E-state index contributed by atoms with van der Waals surface area (Å²) >= 11 is 0.